The van der Waals surface area contributed by atoms with Crippen molar-refractivity contribution < 1.29 is 19.5 Å². The molecule has 1 fully saturated rings. The molecular formula is C14H15BrN2O4S. The Morgan fingerprint density at radius 3 is 2.73 bits per heavy atom. The van der Waals surface area contributed by atoms with Crippen LogP contribution in [0.5, 0.6) is 0 Å². The first-order valence-corrected chi connectivity index (χ1v) is 8.54. The topological polar surface area (TPSA) is 95.5 Å². The van der Waals surface area contributed by atoms with Gasteiger partial charge in [0.1, 0.15) is 5.54 Å². The van der Waals surface area contributed by atoms with Crippen molar-refractivity contribution in [1.82, 2.24) is 10.6 Å². The smallest absolute Gasteiger partial charge is 0.330 e. The van der Waals surface area contributed by atoms with E-state index in [1.54, 1.807) is 24.3 Å². The van der Waals surface area contributed by atoms with Gasteiger partial charge in [-0.25, -0.2) is 4.79 Å². The number of hydrogen-bond acceptors (Lipinski definition) is 4. The Morgan fingerprint density at radius 1 is 1.36 bits per heavy atom. The molecule has 1 unspecified atom stereocenters. The molecule has 6 nitrogen and oxygen atoms in total. The zero-order valence-corrected chi connectivity index (χ0v) is 14.0. The van der Waals surface area contributed by atoms with Gasteiger partial charge >= 0.3 is 5.97 Å². The molecule has 1 aliphatic heterocycles. The minimum Gasteiger partial charge on any atom is -0.479 e. The van der Waals surface area contributed by atoms with E-state index in [0.717, 1.165) is 4.47 Å². The van der Waals surface area contributed by atoms with Crippen molar-refractivity contribution in [1.29, 1.82) is 0 Å². The Kier molecular flexibility index (Phi) is 5.47. The van der Waals surface area contributed by atoms with Gasteiger partial charge in [0, 0.05) is 15.8 Å². The van der Waals surface area contributed by atoms with Crippen molar-refractivity contribution in [2.75, 3.05) is 18.1 Å². The molecule has 0 aromatic heterocycles. The molecule has 0 bridgehead atoms. The van der Waals surface area contributed by atoms with Gasteiger partial charge < -0.3 is 15.7 Å². The fraction of sp³-hybridized carbons (Fsp3) is 0.357. The van der Waals surface area contributed by atoms with E-state index in [1.165, 1.54) is 11.8 Å². The Morgan fingerprint density at radius 2 is 2.14 bits per heavy atom. The molecule has 1 heterocycles. The van der Waals surface area contributed by atoms with Gasteiger partial charge in [0.15, 0.2) is 0 Å². The summed E-state index contributed by atoms with van der Waals surface area (Å²) in [7, 11) is 0. The lowest BCUT2D eigenvalue weighted by Crippen LogP contribution is -2.56. The number of carbonyl (C=O) groups is 3. The summed E-state index contributed by atoms with van der Waals surface area (Å²) in [5, 5.41) is 14.3. The van der Waals surface area contributed by atoms with Gasteiger partial charge in [-0.05, 0) is 30.4 Å². The van der Waals surface area contributed by atoms with Crippen LogP contribution in [-0.4, -0.2) is 46.5 Å². The molecule has 0 radical (unpaired) electrons. The minimum atomic E-state index is -1.22. The number of carboxylic acid groups (broad SMARTS) is 1. The third-order valence-electron chi connectivity index (χ3n) is 3.31. The predicted molar refractivity (Wildman–Crippen MR) is 86.9 cm³/mol. The summed E-state index contributed by atoms with van der Waals surface area (Å²) >= 11 is 4.75. The van der Waals surface area contributed by atoms with Crippen molar-refractivity contribution in [3.8, 4) is 0 Å². The molecule has 118 valence electrons. The Bertz CT molecular complexity index is 602. The number of thioether (sulfide) groups is 1. The lowest BCUT2D eigenvalue weighted by Gasteiger charge is -2.24. The monoisotopic (exact) mass is 386 g/mol. The highest BCUT2D eigenvalue weighted by Crippen LogP contribution is 2.28. The molecule has 1 aromatic rings. The van der Waals surface area contributed by atoms with Gasteiger partial charge in [0.25, 0.3) is 5.91 Å². The maximum Gasteiger partial charge on any atom is 0.330 e. The van der Waals surface area contributed by atoms with Gasteiger partial charge in [0.05, 0.1) is 6.54 Å². The second-order valence-corrected chi connectivity index (χ2v) is 6.95. The summed E-state index contributed by atoms with van der Waals surface area (Å²) < 4.78 is 0.761. The summed E-state index contributed by atoms with van der Waals surface area (Å²) in [5.74, 6) is -0.899. The molecule has 1 atom stereocenters. The van der Waals surface area contributed by atoms with E-state index >= 15 is 0 Å². The number of benzene rings is 1. The van der Waals surface area contributed by atoms with Crippen LogP contribution in [0.3, 0.4) is 0 Å². The van der Waals surface area contributed by atoms with Crippen LogP contribution in [0, 0.1) is 0 Å². The van der Waals surface area contributed by atoms with Crippen LogP contribution >= 0.6 is 27.7 Å². The first-order valence-electron chi connectivity index (χ1n) is 6.59. The molecule has 1 aliphatic rings. The van der Waals surface area contributed by atoms with Crippen molar-refractivity contribution in [3.63, 3.8) is 0 Å². The SMILES string of the molecule is O=C(CNC(=O)c1cccc(Br)c1)NC1(C(=O)O)CCSC1. The lowest BCUT2D eigenvalue weighted by molar-refractivity contribution is -0.146. The molecule has 0 spiro atoms. The second kappa shape index (κ2) is 7.15. The van der Waals surface area contributed by atoms with Gasteiger partial charge in [-0.15, -0.1) is 0 Å². The van der Waals surface area contributed by atoms with Crippen LogP contribution in [0.2, 0.25) is 0 Å². The average molecular weight is 387 g/mol. The highest BCUT2D eigenvalue weighted by atomic mass is 79.9. The van der Waals surface area contributed by atoms with E-state index in [4.69, 9.17) is 0 Å². The number of carbonyl (C=O) groups excluding carboxylic acids is 2. The zero-order chi connectivity index (χ0) is 16.2. The Balaban J connectivity index is 1.90. The van der Waals surface area contributed by atoms with Crippen LogP contribution in [0.25, 0.3) is 0 Å². The maximum atomic E-state index is 11.9. The summed E-state index contributed by atoms with van der Waals surface area (Å²) in [6.45, 7) is -0.259. The molecule has 3 N–H and O–H groups in total. The number of rotatable bonds is 5. The number of amides is 2. The largest absolute Gasteiger partial charge is 0.479 e. The zero-order valence-electron chi connectivity index (χ0n) is 11.6. The summed E-state index contributed by atoms with van der Waals surface area (Å²) in [4.78, 5) is 35.2. The standard InChI is InChI=1S/C14H15BrN2O4S/c15-10-3-1-2-9(6-10)12(19)16-7-11(18)17-14(13(20)21)4-5-22-8-14/h1-3,6H,4-5,7-8H2,(H,16,19)(H,17,18)(H,20,21). The Hall–Kier alpha value is -1.54. The number of hydrogen-bond donors (Lipinski definition) is 3. The van der Waals surface area contributed by atoms with Crippen LogP contribution in [-0.2, 0) is 9.59 Å². The van der Waals surface area contributed by atoms with Crippen molar-refractivity contribution >= 4 is 45.5 Å². The third kappa shape index (κ3) is 4.01. The lowest BCUT2D eigenvalue weighted by atomic mass is 9.99. The Labute approximate surface area is 140 Å². The van der Waals surface area contributed by atoms with E-state index in [9.17, 15) is 19.5 Å². The van der Waals surface area contributed by atoms with Gasteiger partial charge in [-0.3, -0.25) is 9.59 Å². The van der Waals surface area contributed by atoms with E-state index in [-0.39, 0.29) is 12.5 Å². The molecule has 2 rings (SSSR count). The highest BCUT2D eigenvalue weighted by Gasteiger charge is 2.43. The first-order chi connectivity index (χ1) is 10.4. The van der Waals surface area contributed by atoms with Crippen LogP contribution in [0.4, 0.5) is 0 Å². The second-order valence-electron chi connectivity index (χ2n) is 4.93. The predicted octanol–water partition coefficient (Wildman–Crippen LogP) is 1.26. The quantitative estimate of drug-likeness (QED) is 0.707. The van der Waals surface area contributed by atoms with E-state index < -0.39 is 17.4 Å². The normalized spacial score (nSPS) is 20.4. The van der Waals surface area contributed by atoms with Crippen molar-refractivity contribution in [2.45, 2.75) is 12.0 Å². The van der Waals surface area contributed by atoms with E-state index in [1.807, 2.05) is 0 Å². The molecular weight excluding hydrogens is 372 g/mol. The third-order valence-corrected chi connectivity index (χ3v) is 4.99. The fourth-order valence-corrected chi connectivity index (χ4v) is 3.81. The average Bonchev–Trinajstić information content (AvgIpc) is 2.94. The van der Waals surface area contributed by atoms with Crippen molar-refractivity contribution in [3.05, 3.63) is 34.3 Å². The first kappa shape index (κ1) is 16.8. The molecule has 0 saturated carbocycles. The number of aliphatic carboxylic acids is 1. The maximum absolute atomic E-state index is 11.9. The summed E-state index contributed by atoms with van der Waals surface area (Å²) in [5.41, 5.74) is -0.797. The molecule has 2 amide bonds. The van der Waals surface area contributed by atoms with Crippen molar-refractivity contribution in [2.24, 2.45) is 0 Å². The minimum absolute atomic E-state index is 0.259. The molecule has 1 saturated heterocycles. The molecule has 8 heteroatoms. The van der Waals surface area contributed by atoms with Gasteiger partial charge in [0.2, 0.25) is 5.91 Å². The van der Waals surface area contributed by atoms with E-state index in [0.29, 0.717) is 23.5 Å². The fourth-order valence-electron chi connectivity index (χ4n) is 2.09. The number of halogens is 1. The number of carboxylic acids is 1. The van der Waals surface area contributed by atoms with Gasteiger partial charge in [-0.1, -0.05) is 22.0 Å². The number of nitrogens with one attached hydrogen (secondary N) is 2. The molecule has 0 aliphatic carbocycles. The van der Waals surface area contributed by atoms with Crippen LogP contribution < -0.4 is 10.6 Å². The van der Waals surface area contributed by atoms with E-state index in [2.05, 4.69) is 26.6 Å². The molecule has 22 heavy (non-hydrogen) atoms. The summed E-state index contributed by atoms with van der Waals surface area (Å²) in [6, 6.07) is 6.77. The van der Waals surface area contributed by atoms with Gasteiger partial charge in [-0.2, -0.15) is 11.8 Å². The highest BCUT2D eigenvalue weighted by molar-refractivity contribution is 9.10. The van der Waals surface area contributed by atoms with Crippen LogP contribution in [0.15, 0.2) is 28.7 Å². The molecule has 1 aromatic carbocycles. The van der Waals surface area contributed by atoms with Crippen LogP contribution in [0.1, 0.15) is 16.8 Å². The summed E-state index contributed by atoms with van der Waals surface area (Å²) in [6.07, 6.45) is 0.387.